The van der Waals surface area contributed by atoms with E-state index in [-0.39, 0.29) is 11.9 Å². The van der Waals surface area contributed by atoms with E-state index in [0.29, 0.717) is 0 Å². The molecule has 1 aliphatic heterocycles. The van der Waals surface area contributed by atoms with Crippen LogP contribution < -0.4 is 0 Å². The number of hydrogen-bond acceptors (Lipinski definition) is 7. The molecule has 0 aromatic carbocycles. The molecule has 0 saturated carbocycles. The molecule has 0 N–H and O–H groups in total. The van der Waals surface area contributed by atoms with Gasteiger partial charge in [-0.2, -0.15) is 0 Å². The molecule has 1 aliphatic rings. The zero-order valence-electron chi connectivity index (χ0n) is 13.3. The third-order valence-corrected chi connectivity index (χ3v) is 6.23. The molecule has 8 heteroatoms. The second kappa shape index (κ2) is 9.98. The highest BCUT2D eigenvalue weighted by atomic mass is 32.7. The summed E-state index contributed by atoms with van der Waals surface area (Å²) in [7, 11) is 2.14. The van der Waals surface area contributed by atoms with Gasteiger partial charge < -0.3 is 18.5 Å². The van der Waals surface area contributed by atoms with Gasteiger partial charge in [-0.15, -0.1) is 0 Å². The third kappa shape index (κ3) is 7.26. The SMILES string of the molecule is COP(OC)SCOC(=O)C(C)(C)CCN1CCOCC1. The minimum atomic E-state index is -1.02. The third-order valence-electron chi connectivity index (χ3n) is 3.36. The molecule has 1 saturated heterocycles. The molecule has 0 unspecified atom stereocenters. The number of morpholine rings is 1. The summed E-state index contributed by atoms with van der Waals surface area (Å²) in [6.45, 7) is 8.17. The number of carbonyl (C=O) groups is 1. The molecule has 1 rings (SSSR count). The number of rotatable bonds is 9. The van der Waals surface area contributed by atoms with Crippen molar-refractivity contribution in [3.8, 4) is 0 Å². The van der Waals surface area contributed by atoms with Crippen LogP contribution in [0, 0.1) is 5.41 Å². The summed E-state index contributed by atoms with van der Waals surface area (Å²) >= 11 is 1.36. The summed E-state index contributed by atoms with van der Waals surface area (Å²) in [6, 6.07) is 0. The lowest BCUT2D eigenvalue weighted by molar-refractivity contribution is -0.152. The van der Waals surface area contributed by atoms with E-state index in [1.54, 1.807) is 14.2 Å². The molecule has 0 amide bonds. The van der Waals surface area contributed by atoms with E-state index in [2.05, 4.69) is 4.90 Å². The van der Waals surface area contributed by atoms with E-state index in [1.165, 1.54) is 11.4 Å². The van der Waals surface area contributed by atoms with Crippen molar-refractivity contribution >= 4 is 24.9 Å². The zero-order chi connectivity index (χ0) is 15.7. The lowest BCUT2D eigenvalue weighted by Gasteiger charge is -2.30. The summed E-state index contributed by atoms with van der Waals surface area (Å²) < 4.78 is 20.8. The topological polar surface area (TPSA) is 57.2 Å². The van der Waals surface area contributed by atoms with Crippen LogP contribution in [0.1, 0.15) is 20.3 Å². The normalized spacial score (nSPS) is 17.2. The van der Waals surface area contributed by atoms with Crippen LogP contribution in [0.5, 0.6) is 0 Å². The number of hydrogen-bond donors (Lipinski definition) is 0. The van der Waals surface area contributed by atoms with Gasteiger partial charge in [0.25, 0.3) is 0 Å². The predicted molar refractivity (Wildman–Crippen MR) is 85.1 cm³/mol. The van der Waals surface area contributed by atoms with Crippen molar-refractivity contribution in [3.05, 3.63) is 0 Å². The summed E-state index contributed by atoms with van der Waals surface area (Å²) in [5, 5.41) is 0. The fraction of sp³-hybridized carbons (Fsp3) is 0.923. The molecular formula is C13H26NO5PS. The Morgan fingerprint density at radius 1 is 1.29 bits per heavy atom. The first-order valence-corrected chi connectivity index (χ1v) is 9.75. The first-order chi connectivity index (χ1) is 9.99. The summed E-state index contributed by atoms with van der Waals surface area (Å²) in [5.74, 6) is 0.0816. The molecule has 0 atom stereocenters. The van der Waals surface area contributed by atoms with Gasteiger partial charge in [0.2, 0.25) is 7.58 Å². The van der Waals surface area contributed by atoms with Crippen LogP contribution in [0.15, 0.2) is 0 Å². The summed E-state index contributed by atoms with van der Waals surface area (Å²) in [5.41, 5.74) is -0.484. The van der Waals surface area contributed by atoms with Gasteiger partial charge in [0.1, 0.15) is 5.94 Å². The largest absolute Gasteiger partial charge is 0.454 e. The maximum Gasteiger partial charge on any atom is 0.312 e. The van der Waals surface area contributed by atoms with E-state index in [4.69, 9.17) is 18.5 Å². The Morgan fingerprint density at radius 3 is 2.48 bits per heavy atom. The molecule has 0 aromatic heterocycles. The van der Waals surface area contributed by atoms with Gasteiger partial charge in [0.05, 0.1) is 18.6 Å². The maximum atomic E-state index is 12.1. The van der Waals surface area contributed by atoms with Crippen LogP contribution in [0.4, 0.5) is 0 Å². The van der Waals surface area contributed by atoms with Crippen molar-refractivity contribution in [2.45, 2.75) is 20.3 Å². The average molecular weight is 339 g/mol. The predicted octanol–water partition coefficient (Wildman–Crippen LogP) is 2.49. The molecule has 6 nitrogen and oxygen atoms in total. The van der Waals surface area contributed by atoms with Crippen molar-refractivity contribution in [1.82, 2.24) is 4.90 Å². The van der Waals surface area contributed by atoms with Crippen LogP contribution in [0.2, 0.25) is 0 Å². The van der Waals surface area contributed by atoms with Gasteiger partial charge in [0.15, 0.2) is 0 Å². The monoisotopic (exact) mass is 339 g/mol. The lowest BCUT2D eigenvalue weighted by atomic mass is 9.89. The van der Waals surface area contributed by atoms with Gasteiger partial charge in [-0.05, 0) is 38.2 Å². The van der Waals surface area contributed by atoms with Gasteiger partial charge in [-0.25, -0.2) is 0 Å². The summed E-state index contributed by atoms with van der Waals surface area (Å²) in [4.78, 5) is 14.5. The molecule has 0 spiro atoms. The van der Waals surface area contributed by atoms with Crippen molar-refractivity contribution in [2.24, 2.45) is 5.41 Å². The van der Waals surface area contributed by atoms with E-state index in [1.807, 2.05) is 13.8 Å². The summed E-state index contributed by atoms with van der Waals surface area (Å²) in [6.07, 6.45) is 0.778. The van der Waals surface area contributed by atoms with Gasteiger partial charge in [-0.1, -0.05) is 0 Å². The Bertz CT molecular complexity index is 309. The molecule has 0 aliphatic carbocycles. The maximum absolute atomic E-state index is 12.1. The zero-order valence-corrected chi connectivity index (χ0v) is 15.0. The first-order valence-electron chi connectivity index (χ1n) is 6.98. The Kier molecular flexibility index (Phi) is 9.09. The highest BCUT2D eigenvalue weighted by Gasteiger charge is 2.30. The molecule has 124 valence electrons. The Morgan fingerprint density at radius 2 is 1.90 bits per heavy atom. The van der Waals surface area contributed by atoms with Crippen LogP contribution in [0.3, 0.4) is 0 Å². The Hall–Kier alpha value is 0.0900. The van der Waals surface area contributed by atoms with Gasteiger partial charge >= 0.3 is 5.97 Å². The first kappa shape index (κ1) is 19.1. The molecule has 0 radical (unpaired) electrons. The molecule has 0 aromatic rings. The Labute approximate surface area is 132 Å². The van der Waals surface area contributed by atoms with Crippen molar-refractivity contribution in [1.29, 1.82) is 0 Å². The standard InChI is InChI=1S/C13H26NO5PS/c1-13(2,5-6-14-7-9-18-10-8-14)12(15)19-11-21-20(16-3)17-4/h5-11H2,1-4H3. The molecule has 0 bridgehead atoms. The number of esters is 1. The van der Waals surface area contributed by atoms with E-state index >= 15 is 0 Å². The van der Waals surface area contributed by atoms with Gasteiger partial charge in [0, 0.05) is 27.3 Å². The molecule has 1 fully saturated rings. The Balaban J connectivity index is 2.26. The molecular weight excluding hydrogens is 313 g/mol. The highest BCUT2D eigenvalue weighted by molar-refractivity contribution is 8.52. The van der Waals surface area contributed by atoms with Crippen LogP contribution >= 0.6 is 19.0 Å². The quantitative estimate of drug-likeness (QED) is 0.363. The average Bonchev–Trinajstić information content (AvgIpc) is 2.50. The lowest BCUT2D eigenvalue weighted by Crippen LogP contribution is -2.39. The molecule has 21 heavy (non-hydrogen) atoms. The molecule has 1 heterocycles. The smallest absolute Gasteiger partial charge is 0.312 e. The van der Waals surface area contributed by atoms with Crippen molar-refractivity contribution in [2.75, 3.05) is 53.0 Å². The fourth-order valence-electron chi connectivity index (χ4n) is 1.86. The number of nitrogens with zero attached hydrogens (tertiary/aromatic N) is 1. The van der Waals surface area contributed by atoms with Crippen molar-refractivity contribution < 1.29 is 23.3 Å². The van der Waals surface area contributed by atoms with Gasteiger partial charge in [-0.3, -0.25) is 9.69 Å². The highest BCUT2D eigenvalue weighted by Crippen LogP contribution is 2.50. The van der Waals surface area contributed by atoms with Crippen LogP contribution in [-0.2, 0) is 23.3 Å². The number of carbonyl (C=O) groups excluding carboxylic acids is 1. The second-order valence-electron chi connectivity index (χ2n) is 5.36. The second-order valence-corrected chi connectivity index (χ2v) is 8.70. The van der Waals surface area contributed by atoms with E-state index in [0.717, 1.165) is 39.3 Å². The van der Waals surface area contributed by atoms with Crippen molar-refractivity contribution in [3.63, 3.8) is 0 Å². The van der Waals surface area contributed by atoms with Crippen LogP contribution in [-0.4, -0.2) is 63.9 Å². The number of ether oxygens (including phenoxy) is 2. The van der Waals surface area contributed by atoms with Crippen LogP contribution in [0.25, 0.3) is 0 Å². The van der Waals surface area contributed by atoms with E-state index < -0.39 is 13.0 Å². The minimum absolute atomic E-state index is 0.176. The van der Waals surface area contributed by atoms with E-state index in [9.17, 15) is 4.79 Å². The minimum Gasteiger partial charge on any atom is -0.454 e. The fourth-order valence-corrected chi connectivity index (χ4v) is 3.52.